The fraction of sp³-hybridized carbons (Fsp3) is 0.375. The van der Waals surface area contributed by atoms with Crippen LogP contribution in [0.1, 0.15) is 41.6 Å². The lowest BCUT2D eigenvalue weighted by Crippen LogP contribution is -2.24. The summed E-state index contributed by atoms with van der Waals surface area (Å²) < 4.78 is 15.9. The average Bonchev–Trinajstić information content (AvgIpc) is 3.45. The van der Waals surface area contributed by atoms with Crippen LogP contribution in [-0.4, -0.2) is 38.6 Å². The lowest BCUT2D eigenvalue weighted by atomic mass is 10.1. The third-order valence-electron chi connectivity index (χ3n) is 5.95. The largest absolute Gasteiger partial charge is 0.493 e. The number of carbonyl (C=O) groups is 3. The summed E-state index contributed by atoms with van der Waals surface area (Å²) in [5, 5.41) is 2.44. The van der Waals surface area contributed by atoms with Crippen molar-refractivity contribution in [1.82, 2.24) is 0 Å². The van der Waals surface area contributed by atoms with Crippen molar-refractivity contribution in [3.63, 3.8) is 0 Å². The van der Waals surface area contributed by atoms with Crippen LogP contribution in [0.3, 0.4) is 0 Å². The number of hydrogen-bond donors (Lipinski definition) is 1. The van der Waals surface area contributed by atoms with Gasteiger partial charge in [0.05, 0.1) is 27.4 Å². The van der Waals surface area contributed by atoms with E-state index in [1.54, 1.807) is 36.3 Å². The minimum Gasteiger partial charge on any atom is -0.493 e. The Hall–Kier alpha value is -3.55. The van der Waals surface area contributed by atoms with Gasteiger partial charge in [-0.05, 0) is 48.6 Å². The summed E-state index contributed by atoms with van der Waals surface area (Å²) in [6, 6.07) is 10.4. The highest BCUT2D eigenvalue weighted by molar-refractivity contribution is 6.37. The van der Waals surface area contributed by atoms with Crippen LogP contribution < -0.4 is 19.7 Å². The van der Waals surface area contributed by atoms with E-state index in [1.165, 1.54) is 25.7 Å². The first kappa shape index (κ1) is 21.7. The molecule has 0 unspecified atom stereocenters. The van der Waals surface area contributed by atoms with Crippen molar-refractivity contribution >= 4 is 29.2 Å². The van der Waals surface area contributed by atoms with Gasteiger partial charge in [0, 0.05) is 23.0 Å². The molecular formula is C24H26N2O6. The topological polar surface area (TPSA) is 94.2 Å². The first-order valence-electron chi connectivity index (χ1n) is 10.6. The summed E-state index contributed by atoms with van der Waals surface area (Å²) in [6.45, 7) is 1.03. The van der Waals surface area contributed by atoms with Gasteiger partial charge in [0.1, 0.15) is 0 Å². The highest BCUT2D eigenvalue weighted by Gasteiger charge is 2.30. The number of esters is 1. The van der Waals surface area contributed by atoms with Crippen molar-refractivity contribution in [2.45, 2.75) is 32.2 Å². The maximum atomic E-state index is 13.1. The smallest absolute Gasteiger partial charge is 0.396 e. The van der Waals surface area contributed by atoms with Gasteiger partial charge < -0.3 is 24.4 Å². The van der Waals surface area contributed by atoms with E-state index in [2.05, 4.69) is 10.1 Å². The summed E-state index contributed by atoms with van der Waals surface area (Å²) in [5.74, 6) is -0.285. The monoisotopic (exact) mass is 438 g/mol. The van der Waals surface area contributed by atoms with Gasteiger partial charge in [-0.3, -0.25) is 9.59 Å². The number of benzene rings is 2. The Bertz CT molecular complexity index is 1040. The van der Waals surface area contributed by atoms with Crippen molar-refractivity contribution in [3.05, 3.63) is 47.5 Å². The summed E-state index contributed by atoms with van der Waals surface area (Å²) in [5.41, 5.74) is 2.35. The Morgan fingerprint density at radius 3 is 2.56 bits per heavy atom. The van der Waals surface area contributed by atoms with Crippen LogP contribution in [0.4, 0.5) is 11.4 Å². The van der Waals surface area contributed by atoms with Gasteiger partial charge in [-0.25, -0.2) is 4.79 Å². The fourth-order valence-electron chi connectivity index (χ4n) is 4.19. The van der Waals surface area contributed by atoms with E-state index < -0.39 is 11.9 Å². The van der Waals surface area contributed by atoms with Gasteiger partial charge >= 0.3 is 11.9 Å². The Morgan fingerprint density at radius 1 is 1.06 bits per heavy atom. The number of hydrogen-bond acceptors (Lipinski definition) is 6. The maximum Gasteiger partial charge on any atom is 0.396 e. The zero-order chi connectivity index (χ0) is 22.7. The first-order chi connectivity index (χ1) is 15.5. The van der Waals surface area contributed by atoms with Crippen LogP contribution in [0.15, 0.2) is 36.4 Å². The second-order valence-corrected chi connectivity index (χ2v) is 8.01. The van der Waals surface area contributed by atoms with Crippen molar-refractivity contribution in [3.8, 4) is 11.5 Å². The van der Waals surface area contributed by atoms with Crippen LogP contribution in [0.25, 0.3) is 0 Å². The molecule has 2 aliphatic rings. The number of rotatable bonds is 6. The Kier molecular flexibility index (Phi) is 6.30. The molecule has 0 radical (unpaired) electrons. The Morgan fingerprint density at radius 2 is 1.84 bits per heavy atom. The van der Waals surface area contributed by atoms with Crippen molar-refractivity contribution < 1.29 is 28.6 Å². The Labute approximate surface area is 186 Å². The number of nitrogens with zero attached hydrogens (tertiary/aromatic N) is 1. The average molecular weight is 438 g/mol. The highest BCUT2D eigenvalue weighted by atomic mass is 16.5. The predicted molar refractivity (Wildman–Crippen MR) is 118 cm³/mol. The van der Waals surface area contributed by atoms with E-state index in [0.29, 0.717) is 47.5 Å². The van der Waals surface area contributed by atoms with Crippen LogP contribution in [0.2, 0.25) is 0 Å². The van der Waals surface area contributed by atoms with E-state index in [9.17, 15) is 14.4 Å². The molecule has 0 spiro atoms. The van der Waals surface area contributed by atoms with Crippen LogP contribution in [0.5, 0.6) is 11.5 Å². The number of nitrogens with one attached hydrogen (secondary N) is 1. The predicted octanol–water partition coefficient (Wildman–Crippen LogP) is 3.54. The molecule has 2 amide bonds. The second kappa shape index (κ2) is 9.30. The molecule has 1 aliphatic heterocycles. The molecule has 8 heteroatoms. The minimum absolute atomic E-state index is 0.193. The number of amides is 2. The fourth-order valence-corrected chi connectivity index (χ4v) is 4.19. The zero-order valence-electron chi connectivity index (χ0n) is 18.2. The van der Waals surface area contributed by atoms with Gasteiger partial charge in [-0.15, -0.1) is 0 Å². The molecular weight excluding hydrogens is 412 g/mol. The summed E-state index contributed by atoms with van der Waals surface area (Å²) in [6.07, 6.45) is 4.84. The zero-order valence-corrected chi connectivity index (χ0v) is 18.2. The molecule has 168 valence electrons. The molecule has 32 heavy (non-hydrogen) atoms. The van der Waals surface area contributed by atoms with E-state index in [4.69, 9.17) is 9.47 Å². The van der Waals surface area contributed by atoms with E-state index >= 15 is 0 Å². The minimum atomic E-state index is -0.998. The number of carbonyl (C=O) groups excluding carboxylic acids is 3. The molecule has 1 saturated carbocycles. The molecule has 0 saturated heterocycles. The van der Waals surface area contributed by atoms with Gasteiger partial charge in [-0.1, -0.05) is 18.9 Å². The van der Waals surface area contributed by atoms with Gasteiger partial charge in [0.15, 0.2) is 11.5 Å². The van der Waals surface area contributed by atoms with Crippen LogP contribution >= 0.6 is 0 Å². The second-order valence-electron chi connectivity index (χ2n) is 8.01. The summed E-state index contributed by atoms with van der Waals surface area (Å²) in [7, 11) is 2.73. The number of anilines is 2. The molecule has 1 aliphatic carbocycles. The molecule has 0 aromatic heterocycles. The standard InChI is InChI=1S/C24H26N2O6/c1-30-20-10-9-18(12-21(20)32-14-15-5-3-4-6-15)26-13-16-7-8-17(11-19(16)23(26)28)25-22(27)24(29)31-2/h7-12,15H,3-6,13-14H2,1-2H3,(H,25,27). The normalized spacial score (nSPS) is 15.4. The first-order valence-corrected chi connectivity index (χ1v) is 10.6. The van der Waals surface area contributed by atoms with Crippen molar-refractivity contribution in [2.75, 3.05) is 31.0 Å². The molecule has 0 atom stereocenters. The lowest BCUT2D eigenvalue weighted by Gasteiger charge is -2.19. The molecule has 1 fully saturated rings. The van der Waals surface area contributed by atoms with Crippen LogP contribution in [0, 0.1) is 5.92 Å². The third-order valence-corrected chi connectivity index (χ3v) is 5.95. The SMILES string of the molecule is COC(=O)C(=O)Nc1ccc2c(c1)C(=O)N(c1ccc(OC)c(OCC3CCCC3)c1)C2. The molecule has 8 nitrogen and oxygen atoms in total. The molecule has 2 aromatic carbocycles. The van der Waals surface area contributed by atoms with Gasteiger partial charge in [-0.2, -0.15) is 0 Å². The van der Waals surface area contributed by atoms with E-state index in [-0.39, 0.29) is 5.91 Å². The molecule has 1 heterocycles. The maximum absolute atomic E-state index is 13.1. The van der Waals surface area contributed by atoms with Crippen molar-refractivity contribution in [2.24, 2.45) is 5.92 Å². The molecule has 1 N–H and O–H groups in total. The van der Waals surface area contributed by atoms with Crippen LogP contribution in [-0.2, 0) is 20.9 Å². The lowest BCUT2D eigenvalue weighted by molar-refractivity contribution is -0.150. The van der Waals surface area contributed by atoms with Gasteiger partial charge in [0.2, 0.25) is 0 Å². The van der Waals surface area contributed by atoms with E-state index in [0.717, 1.165) is 12.7 Å². The quantitative estimate of drug-likeness (QED) is 0.548. The van der Waals surface area contributed by atoms with E-state index in [1.807, 2.05) is 12.1 Å². The third kappa shape index (κ3) is 4.39. The number of fused-ring (bicyclic) bond motifs is 1. The molecule has 4 rings (SSSR count). The molecule has 0 bridgehead atoms. The highest BCUT2D eigenvalue weighted by Crippen LogP contribution is 2.37. The number of methoxy groups -OCH3 is 2. The summed E-state index contributed by atoms with van der Waals surface area (Å²) >= 11 is 0. The number of ether oxygens (including phenoxy) is 3. The van der Waals surface area contributed by atoms with Gasteiger partial charge in [0.25, 0.3) is 5.91 Å². The summed E-state index contributed by atoms with van der Waals surface area (Å²) in [4.78, 5) is 37.9. The van der Waals surface area contributed by atoms with Crippen molar-refractivity contribution in [1.29, 1.82) is 0 Å². The Balaban J connectivity index is 1.52. The molecule has 2 aromatic rings.